The highest BCUT2D eigenvalue weighted by molar-refractivity contribution is 5.72. The Bertz CT molecular complexity index is 1430. The summed E-state index contributed by atoms with van der Waals surface area (Å²) >= 11 is 0. The van der Waals surface area contributed by atoms with Crippen LogP contribution in [0.2, 0.25) is 0 Å². The van der Waals surface area contributed by atoms with Crippen LogP contribution >= 0.6 is 0 Å². The normalized spacial score (nSPS) is 12.6. The minimum absolute atomic E-state index is 0.106. The Kier molecular flexibility index (Phi) is 60.3. The minimum Gasteiger partial charge on any atom is -0.462 e. The van der Waals surface area contributed by atoms with Gasteiger partial charge in [-0.05, 0) is 77.0 Å². The number of hydrogen-bond acceptors (Lipinski definition) is 6. The van der Waals surface area contributed by atoms with Gasteiger partial charge in [0.1, 0.15) is 13.2 Å². The van der Waals surface area contributed by atoms with Gasteiger partial charge in [-0.3, -0.25) is 14.4 Å². The average Bonchev–Trinajstić information content (AvgIpc) is 3.41. The lowest BCUT2D eigenvalue weighted by molar-refractivity contribution is -0.166. The highest BCUT2D eigenvalue weighted by Gasteiger charge is 2.19. The van der Waals surface area contributed by atoms with Gasteiger partial charge < -0.3 is 14.2 Å². The van der Waals surface area contributed by atoms with Crippen molar-refractivity contribution >= 4 is 17.9 Å². The van der Waals surface area contributed by atoms with Crippen molar-refractivity contribution in [3.63, 3.8) is 0 Å². The van der Waals surface area contributed by atoms with Crippen molar-refractivity contribution in [3.05, 3.63) is 85.1 Å². The molecule has 0 heterocycles. The van der Waals surface area contributed by atoms with E-state index in [2.05, 4.69) is 93.7 Å². The molecule has 1 atom stereocenters. The number of rotatable bonds is 58. The number of carbonyl (C=O) groups is 3. The summed E-state index contributed by atoms with van der Waals surface area (Å²) in [6.07, 6.45) is 83.3. The average molecular weight is 1050 g/mol. The van der Waals surface area contributed by atoms with E-state index in [4.69, 9.17) is 14.2 Å². The molecule has 6 nitrogen and oxygen atoms in total. The molecule has 75 heavy (non-hydrogen) atoms. The molecule has 0 spiro atoms. The van der Waals surface area contributed by atoms with E-state index in [1.54, 1.807) is 6.08 Å². The molecule has 6 heteroatoms. The van der Waals surface area contributed by atoms with Crippen molar-refractivity contribution in [2.24, 2.45) is 0 Å². The fourth-order valence-corrected chi connectivity index (χ4v) is 9.14. The molecule has 1 unspecified atom stereocenters. The van der Waals surface area contributed by atoms with Crippen LogP contribution in [0.1, 0.15) is 316 Å². The van der Waals surface area contributed by atoms with E-state index in [9.17, 15) is 14.4 Å². The second kappa shape index (κ2) is 63.1. The van der Waals surface area contributed by atoms with E-state index < -0.39 is 12.1 Å². The molecule has 0 aliphatic rings. The Labute approximate surface area is 465 Å². The predicted molar refractivity (Wildman–Crippen MR) is 325 cm³/mol. The molecule has 432 valence electrons. The highest BCUT2D eigenvalue weighted by Crippen LogP contribution is 2.17. The van der Waals surface area contributed by atoms with Crippen molar-refractivity contribution in [1.82, 2.24) is 0 Å². The van der Waals surface area contributed by atoms with Gasteiger partial charge in [0.15, 0.2) is 6.10 Å². The molecule has 0 aromatic carbocycles. The molecule has 0 amide bonds. The van der Waals surface area contributed by atoms with Crippen LogP contribution in [0.4, 0.5) is 0 Å². The van der Waals surface area contributed by atoms with Crippen molar-refractivity contribution in [2.75, 3.05) is 13.2 Å². The van der Waals surface area contributed by atoms with Crippen molar-refractivity contribution < 1.29 is 28.6 Å². The summed E-state index contributed by atoms with van der Waals surface area (Å²) < 4.78 is 16.8. The van der Waals surface area contributed by atoms with Crippen LogP contribution in [-0.4, -0.2) is 37.2 Å². The van der Waals surface area contributed by atoms with Crippen LogP contribution in [0.25, 0.3) is 0 Å². The third-order valence-corrected chi connectivity index (χ3v) is 13.9. The highest BCUT2D eigenvalue weighted by atomic mass is 16.6. The van der Waals surface area contributed by atoms with Gasteiger partial charge in [0, 0.05) is 12.8 Å². The molecule has 0 N–H and O–H groups in total. The lowest BCUT2D eigenvalue weighted by Gasteiger charge is -2.18. The summed E-state index contributed by atoms with van der Waals surface area (Å²) in [7, 11) is 0. The molecule has 0 bridgehead atoms. The van der Waals surface area contributed by atoms with Gasteiger partial charge in [-0.1, -0.05) is 305 Å². The monoisotopic (exact) mass is 1040 g/mol. The van der Waals surface area contributed by atoms with Crippen molar-refractivity contribution in [1.29, 1.82) is 0 Å². The maximum Gasteiger partial charge on any atom is 0.309 e. The summed E-state index contributed by atoms with van der Waals surface area (Å²) in [5.41, 5.74) is 0. The maximum absolute atomic E-state index is 12.9. The zero-order chi connectivity index (χ0) is 54.3. The molecular weight excluding hydrogens is 925 g/mol. The lowest BCUT2D eigenvalue weighted by atomic mass is 10.0. The molecule has 0 aromatic rings. The van der Waals surface area contributed by atoms with Gasteiger partial charge in [0.05, 0.1) is 6.42 Å². The van der Waals surface area contributed by atoms with Crippen molar-refractivity contribution in [3.8, 4) is 0 Å². The van der Waals surface area contributed by atoms with Gasteiger partial charge in [-0.2, -0.15) is 0 Å². The number of ether oxygens (including phenoxy) is 3. The zero-order valence-electron chi connectivity index (χ0n) is 49.6. The Balaban J connectivity index is 4.41. The maximum atomic E-state index is 12.9. The van der Waals surface area contributed by atoms with Crippen LogP contribution in [0.3, 0.4) is 0 Å². The number of carbonyl (C=O) groups excluding carboxylic acids is 3. The van der Waals surface area contributed by atoms with E-state index in [0.717, 1.165) is 77.0 Å². The number of esters is 3. The van der Waals surface area contributed by atoms with E-state index >= 15 is 0 Å². The molecule has 0 saturated heterocycles. The van der Waals surface area contributed by atoms with Gasteiger partial charge in [0.2, 0.25) is 0 Å². The SMILES string of the molecule is CC/C=C\C/C=C\C/C=C\C/C=C\C/C=C\CC(=O)OCC(COC(=O)CCCCCCCCCCC/C=C\C/C=C\CCCCCCC)OC(=O)CCCCCCCCCCCCCCCCCCCCCCC. The molecule has 0 aromatic heterocycles. The molecule has 0 aliphatic carbocycles. The second-order valence-corrected chi connectivity index (χ2v) is 21.3. The third-order valence-electron chi connectivity index (χ3n) is 13.9. The van der Waals surface area contributed by atoms with Gasteiger partial charge in [0.25, 0.3) is 0 Å². The van der Waals surface area contributed by atoms with E-state index in [1.165, 1.54) is 199 Å². The van der Waals surface area contributed by atoms with Crippen LogP contribution < -0.4 is 0 Å². The number of allylic oxidation sites excluding steroid dienone is 13. The summed E-state index contributed by atoms with van der Waals surface area (Å²) in [6, 6.07) is 0. The first-order valence-corrected chi connectivity index (χ1v) is 32.1. The Morgan fingerprint density at radius 3 is 0.933 bits per heavy atom. The largest absolute Gasteiger partial charge is 0.462 e. The Morgan fingerprint density at radius 2 is 0.573 bits per heavy atom. The van der Waals surface area contributed by atoms with E-state index in [0.29, 0.717) is 12.8 Å². The van der Waals surface area contributed by atoms with Crippen LogP contribution in [-0.2, 0) is 28.6 Å². The zero-order valence-corrected chi connectivity index (χ0v) is 49.6. The lowest BCUT2D eigenvalue weighted by Crippen LogP contribution is -2.30. The molecule has 0 rings (SSSR count). The smallest absolute Gasteiger partial charge is 0.309 e. The molecule has 0 aliphatic heterocycles. The molecular formula is C69H120O6. The fraction of sp³-hybridized carbons (Fsp3) is 0.754. The quantitative estimate of drug-likeness (QED) is 0.0261. The second-order valence-electron chi connectivity index (χ2n) is 21.3. The molecule has 0 radical (unpaired) electrons. The first-order valence-electron chi connectivity index (χ1n) is 32.1. The summed E-state index contributed by atoms with van der Waals surface area (Å²) in [5, 5.41) is 0. The van der Waals surface area contributed by atoms with Crippen LogP contribution in [0, 0.1) is 0 Å². The van der Waals surface area contributed by atoms with E-state index in [-0.39, 0.29) is 31.6 Å². The van der Waals surface area contributed by atoms with E-state index in [1.807, 2.05) is 6.08 Å². The van der Waals surface area contributed by atoms with Gasteiger partial charge in [-0.15, -0.1) is 0 Å². The Hall–Kier alpha value is -3.41. The third kappa shape index (κ3) is 61.3. The topological polar surface area (TPSA) is 78.9 Å². The van der Waals surface area contributed by atoms with Crippen LogP contribution in [0.5, 0.6) is 0 Å². The number of unbranched alkanes of at least 4 members (excludes halogenated alkanes) is 34. The summed E-state index contributed by atoms with van der Waals surface area (Å²) in [4.78, 5) is 38.2. The fourth-order valence-electron chi connectivity index (χ4n) is 9.14. The van der Waals surface area contributed by atoms with Gasteiger partial charge >= 0.3 is 17.9 Å². The molecule has 0 saturated carbocycles. The summed E-state index contributed by atoms with van der Waals surface area (Å²) in [6.45, 7) is 6.47. The van der Waals surface area contributed by atoms with Crippen molar-refractivity contribution in [2.45, 2.75) is 322 Å². The predicted octanol–water partition coefficient (Wildman–Crippen LogP) is 21.9. The number of hydrogen-bond donors (Lipinski definition) is 0. The summed E-state index contributed by atoms with van der Waals surface area (Å²) in [5.74, 6) is -1.03. The standard InChI is InChI=1S/C69H120O6/c1-4-7-10-13-16-19-22-25-28-30-32-34-36-38-41-44-47-50-53-56-59-62-68(71)74-65-66(64-73-67(70)61-58-55-52-49-46-43-40-27-24-21-18-15-12-9-6-3)75-69(72)63-60-57-54-51-48-45-42-39-37-35-33-31-29-26-23-20-17-14-11-8-5-2/h9,12,18,21-22,25,27,30,32,40,46,49,55,58,66H,4-8,10-11,13-17,19-20,23-24,26,28-29,31,33-39,41-45,47-48,50-54,56-57,59-65H2,1-3H3/b12-9-,21-18-,25-22-,32-30-,40-27-,49-46-,58-55-. The Morgan fingerprint density at radius 1 is 0.293 bits per heavy atom. The first-order chi connectivity index (χ1) is 37.0. The first kappa shape index (κ1) is 71.6. The van der Waals surface area contributed by atoms with Crippen LogP contribution in [0.15, 0.2) is 85.1 Å². The minimum atomic E-state index is -0.818. The van der Waals surface area contributed by atoms with Gasteiger partial charge in [-0.25, -0.2) is 0 Å². The molecule has 0 fully saturated rings.